The van der Waals surface area contributed by atoms with Crippen LogP contribution in [0.5, 0.6) is 0 Å². The smallest absolute Gasteiger partial charge is 0.363 e. The molecule has 0 aliphatic heterocycles. The van der Waals surface area contributed by atoms with Crippen LogP contribution in [-0.2, 0) is 9.53 Å². The van der Waals surface area contributed by atoms with Gasteiger partial charge in [-0.1, -0.05) is 23.2 Å². The van der Waals surface area contributed by atoms with Crippen LogP contribution >= 0.6 is 23.2 Å². The number of benzene rings is 2. The molecule has 0 spiro atoms. The highest BCUT2D eigenvalue weighted by molar-refractivity contribution is 6.33. The van der Waals surface area contributed by atoms with E-state index in [-0.39, 0.29) is 16.4 Å². The first kappa shape index (κ1) is 22.9. The minimum absolute atomic E-state index is 0.0273. The monoisotopic (exact) mass is 476 g/mol. The SMILES string of the molecule is Cc1cc(=O)c(C(=O)OCC(=O)Nc2cc([N+](=O)[O-])ccc2Cl)nn1-c1ccc(Cl)cc1. The fraction of sp³-hybridized carbons (Fsp3) is 0.100. The summed E-state index contributed by atoms with van der Waals surface area (Å²) in [6, 6.07) is 11.2. The maximum atomic E-state index is 12.4. The number of hydrogen-bond acceptors (Lipinski definition) is 7. The van der Waals surface area contributed by atoms with Crippen molar-refractivity contribution in [3.8, 4) is 5.69 Å². The molecular formula is C20H14Cl2N4O6. The number of anilines is 1. The number of rotatable bonds is 6. The number of hydrogen-bond donors (Lipinski definition) is 1. The molecule has 1 N–H and O–H groups in total. The second kappa shape index (κ2) is 9.58. The molecule has 1 aromatic heterocycles. The molecule has 1 amide bonds. The molecule has 32 heavy (non-hydrogen) atoms. The number of amides is 1. The molecule has 0 unspecified atom stereocenters. The minimum atomic E-state index is -1.11. The predicted molar refractivity (Wildman–Crippen MR) is 117 cm³/mol. The van der Waals surface area contributed by atoms with Gasteiger partial charge in [-0.2, -0.15) is 5.10 Å². The molecule has 3 aromatic rings. The third kappa shape index (κ3) is 5.29. The number of non-ortho nitro benzene ring substituents is 1. The summed E-state index contributed by atoms with van der Waals surface area (Å²) in [7, 11) is 0. The first-order chi connectivity index (χ1) is 15.2. The van der Waals surface area contributed by atoms with E-state index in [9.17, 15) is 24.5 Å². The molecule has 1 heterocycles. The third-order valence-corrected chi connectivity index (χ3v) is 4.72. The van der Waals surface area contributed by atoms with Crippen molar-refractivity contribution >= 4 is 46.5 Å². The summed E-state index contributed by atoms with van der Waals surface area (Å²) in [4.78, 5) is 46.9. The largest absolute Gasteiger partial charge is 0.451 e. The van der Waals surface area contributed by atoms with Gasteiger partial charge in [0.25, 0.3) is 11.6 Å². The van der Waals surface area contributed by atoms with Crippen molar-refractivity contribution in [2.45, 2.75) is 6.92 Å². The van der Waals surface area contributed by atoms with E-state index < -0.39 is 34.5 Å². The lowest BCUT2D eigenvalue weighted by molar-refractivity contribution is -0.384. The molecule has 0 fully saturated rings. The quantitative estimate of drug-likeness (QED) is 0.326. The van der Waals surface area contributed by atoms with Crippen molar-refractivity contribution in [3.05, 3.63) is 90.3 Å². The van der Waals surface area contributed by atoms with Gasteiger partial charge in [-0.05, 0) is 37.3 Å². The van der Waals surface area contributed by atoms with Crippen LogP contribution in [0.1, 0.15) is 16.2 Å². The van der Waals surface area contributed by atoms with Gasteiger partial charge in [0.1, 0.15) is 0 Å². The molecule has 0 atom stereocenters. The van der Waals surface area contributed by atoms with Gasteiger partial charge in [-0.3, -0.25) is 19.7 Å². The second-order valence-corrected chi connectivity index (χ2v) is 7.28. The average Bonchev–Trinajstić information content (AvgIpc) is 2.74. The molecule has 0 aliphatic rings. The fourth-order valence-corrected chi connectivity index (χ4v) is 2.93. The standard InChI is InChI=1S/C20H14Cl2N4O6/c1-11-8-17(27)19(24-25(11)13-4-2-12(21)3-5-13)20(29)32-10-18(28)23-16-9-14(26(30)31)6-7-15(16)22/h2-9H,10H2,1H3,(H,23,28). The Morgan fingerprint density at radius 2 is 1.84 bits per heavy atom. The Balaban J connectivity index is 1.74. The summed E-state index contributed by atoms with van der Waals surface area (Å²) in [5.41, 5.74) is -0.494. The van der Waals surface area contributed by atoms with Crippen molar-refractivity contribution < 1.29 is 19.2 Å². The Kier molecular flexibility index (Phi) is 6.86. The van der Waals surface area contributed by atoms with Crippen LogP contribution < -0.4 is 10.7 Å². The van der Waals surface area contributed by atoms with Crippen LogP contribution in [0.3, 0.4) is 0 Å². The van der Waals surface area contributed by atoms with Gasteiger partial charge in [-0.25, -0.2) is 9.48 Å². The molecule has 0 saturated carbocycles. The fourth-order valence-electron chi connectivity index (χ4n) is 2.64. The number of nitrogens with zero attached hydrogens (tertiary/aromatic N) is 3. The number of nitro benzene ring substituents is 1. The minimum Gasteiger partial charge on any atom is -0.451 e. The van der Waals surface area contributed by atoms with Gasteiger partial charge in [0.2, 0.25) is 11.1 Å². The number of nitro groups is 1. The zero-order chi connectivity index (χ0) is 23.4. The van der Waals surface area contributed by atoms with E-state index in [2.05, 4.69) is 10.4 Å². The van der Waals surface area contributed by atoms with Gasteiger partial charge in [0.05, 0.1) is 21.3 Å². The molecule has 0 bridgehead atoms. The number of esters is 1. The van der Waals surface area contributed by atoms with Crippen molar-refractivity contribution in [2.24, 2.45) is 0 Å². The van der Waals surface area contributed by atoms with E-state index in [0.29, 0.717) is 16.4 Å². The molecule has 3 rings (SSSR count). The molecule has 12 heteroatoms. The van der Waals surface area contributed by atoms with Crippen LogP contribution in [0.2, 0.25) is 10.0 Å². The Morgan fingerprint density at radius 3 is 2.50 bits per heavy atom. The number of nitrogens with one attached hydrogen (secondary N) is 1. The average molecular weight is 477 g/mol. The molecule has 164 valence electrons. The Hall–Kier alpha value is -3.76. The number of aryl methyl sites for hydroxylation is 1. The number of carbonyl (C=O) groups is 2. The molecular weight excluding hydrogens is 463 g/mol. The normalized spacial score (nSPS) is 10.5. The van der Waals surface area contributed by atoms with Crippen molar-refractivity contribution in [2.75, 3.05) is 11.9 Å². The number of ether oxygens (including phenoxy) is 1. The highest BCUT2D eigenvalue weighted by Crippen LogP contribution is 2.26. The third-order valence-electron chi connectivity index (χ3n) is 4.14. The highest BCUT2D eigenvalue weighted by Gasteiger charge is 2.19. The maximum absolute atomic E-state index is 12.4. The van der Waals surface area contributed by atoms with Gasteiger partial charge < -0.3 is 10.1 Å². The van der Waals surface area contributed by atoms with Gasteiger partial charge in [0, 0.05) is 28.9 Å². The summed E-state index contributed by atoms with van der Waals surface area (Å²) >= 11 is 11.8. The molecule has 0 saturated heterocycles. The van der Waals surface area contributed by atoms with E-state index in [1.165, 1.54) is 22.9 Å². The maximum Gasteiger partial charge on any atom is 0.363 e. The predicted octanol–water partition coefficient (Wildman–Crippen LogP) is 3.55. The van der Waals surface area contributed by atoms with Crippen molar-refractivity contribution in [3.63, 3.8) is 0 Å². The molecule has 0 radical (unpaired) electrons. The Labute approximate surface area is 190 Å². The zero-order valence-electron chi connectivity index (χ0n) is 16.4. The van der Waals surface area contributed by atoms with E-state index in [1.807, 2.05) is 0 Å². The van der Waals surface area contributed by atoms with E-state index in [4.69, 9.17) is 27.9 Å². The topological polar surface area (TPSA) is 133 Å². The second-order valence-electron chi connectivity index (χ2n) is 6.43. The molecule has 10 nitrogen and oxygen atoms in total. The Morgan fingerprint density at radius 1 is 1.16 bits per heavy atom. The van der Waals surface area contributed by atoms with E-state index in [0.717, 1.165) is 6.07 Å². The van der Waals surface area contributed by atoms with E-state index >= 15 is 0 Å². The van der Waals surface area contributed by atoms with Crippen LogP contribution in [0.4, 0.5) is 11.4 Å². The number of halogens is 2. The molecule has 0 aliphatic carbocycles. The highest BCUT2D eigenvalue weighted by atomic mass is 35.5. The van der Waals surface area contributed by atoms with Crippen LogP contribution in [0.15, 0.2) is 53.3 Å². The summed E-state index contributed by atoms with van der Waals surface area (Å²) in [6.07, 6.45) is 0. The first-order valence-electron chi connectivity index (χ1n) is 8.93. The number of carbonyl (C=O) groups excluding carboxylic acids is 2. The van der Waals surface area contributed by atoms with Gasteiger partial charge >= 0.3 is 5.97 Å². The number of aromatic nitrogens is 2. The van der Waals surface area contributed by atoms with Gasteiger partial charge in [0.15, 0.2) is 6.61 Å². The summed E-state index contributed by atoms with van der Waals surface area (Å²) < 4.78 is 6.24. The summed E-state index contributed by atoms with van der Waals surface area (Å²) in [6.45, 7) is 0.863. The summed E-state index contributed by atoms with van der Waals surface area (Å²) in [5.74, 6) is -1.93. The van der Waals surface area contributed by atoms with Crippen LogP contribution in [0, 0.1) is 17.0 Å². The molecule has 2 aromatic carbocycles. The lowest BCUT2D eigenvalue weighted by atomic mass is 10.2. The zero-order valence-corrected chi connectivity index (χ0v) is 17.9. The lowest BCUT2D eigenvalue weighted by Gasteiger charge is -2.11. The first-order valence-corrected chi connectivity index (χ1v) is 9.69. The van der Waals surface area contributed by atoms with Crippen LogP contribution in [0.25, 0.3) is 5.69 Å². The lowest BCUT2D eigenvalue weighted by Crippen LogP contribution is -2.27. The Bertz CT molecular complexity index is 1270. The van der Waals surface area contributed by atoms with Crippen molar-refractivity contribution in [1.82, 2.24) is 9.78 Å². The van der Waals surface area contributed by atoms with E-state index in [1.54, 1.807) is 31.2 Å². The van der Waals surface area contributed by atoms with Gasteiger partial charge in [-0.15, -0.1) is 0 Å². The van der Waals surface area contributed by atoms with Crippen molar-refractivity contribution in [1.29, 1.82) is 0 Å². The van der Waals surface area contributed by atoms with Crippen LogP contribution in [-0.4, -0.2) is 33.2 Å². The summed E-state index contributed by atoms with van der Waals surface area (Å²) in [5, 5.41) is 17.8.